The minimum Gasteiger partial charge on any atom is -0.339 e. The van der Waals surface area contributed by atoms with Crippen LogP contribution in [0.3, 0.4) is 0 Å². The second-order valence-electron chi connectivity index (χ2n) is 6.18. The first kappa shape index (κ1) is 17.0. The summed E-state index contributed by atoms with van der Waals surface area (Å²) in [6.45, 7) is 5.42. The van der Waals surface area contributed by atoms with E-state index < -0.39 is 0 Å². The number of hydrogen-bond acceptors (Lipinski definition) is 3. The summed E-state index contributed by atoms with van der Waals surface area (Å²) < 4.78 is 0. The Morgan fingerprint density at radius 3 is 2.00 bits per heavy atom. The summed E-state index contributed by atoms with van der Waals surface area (Å²) in [6.07, 6.45) is 2.18. The number of amides is 1. The van der Waals surface area contributed by atoms with Crippen molar-refractivity contribution in [3.63, 3.8) is 0 Å². The van der Waals surface area contributed by atoms with Crippen LogP contribution in [-0.2, 0) is 0 Å². The van der Waals surface area contributed by atoms with E-state index in [2.05, 4.69) is 5.32 Å². The summed E-state index contributed by atoms with van der Waals surface area (Å²) in [4.78, 5) is 25.8. The molecular formula is C17H23ClN2O2. The topological polar surface area (TPSA) is 49.4 Å². The molecule has 0 aliphatic carbocycles. The maximum Gasteiger partial charge on any atom is 0.253 e. The lowest BCUT2D eigenvalue weighted by Crippen LogP contribution is -2.32. The van der Waals surface area contributed by atoms with Gasteiger partial charge in [-0.15, -0.1) is 12.4 Å². The van der Waals surface area contributed by atoms with Gasteiger partial charge in [-0.3, -0.25) is 9.59 Å². The fourth-order valence-corrected chi connectivity index (χ4v) is 3.45. The number of hydrogen-bond donors (Lipinski definition) is 1. The molecule has 22 heavy (non-hydrogen) atoms. The van der Waals surface area contributed by atoms with Gasteiger partial charge >= 0.3 is 0 Å². The number of benzene rings is 1. The molecule has 2 saturated heterocycles. The molecule has 4 nitrogen and oxygen atoms in total. The Balaban J connectivity index is 0.00000176. The fourth-order valence-electron chi connectivity index (χ4n) is 3.45. The third-order valence-corrected chi connectivity index (χ3v) is 4.84. The molecule has 1 N–H and O–H groups in total. The normalized spacial score (nSPS) is 24.1. The minimum absolute atomic E-state index is 0. The predicted molar refractivity (Wildman–Crippen MR) is 88.7 cm³/mol. The Bertz CT molecular complexity index is 530. The zero-order valence-electron chi connectivity index (χ0n) is 12.9. The largest absolute Gasteiger partial charge is 0.339 e. The van der Waals surface area contributed by atoms with Crippen LogP contribution in [0.1, 0.15) is 40.5 Å². The van der Waals surface area contributed by atoms with Crippen LogP contribution in [-0.4, -0.2) is 42.8 Å². The Morgan fingerprint density at radius 2 is 1.50 bits per heavy atom. The molecule has 2 heterocycles. The predicted octanol–water partition coefficient (Wildman–Crippen LogP) is 2.38. The van der Waals surface area contributed by atoms with Crippen LogP contribution < -0.4 is 5.32 Å². The van der Waals surface area contributed by atoms with E-state index in [4.69, 9.17) is 0 Å². The van der Waals surface area contributed by atoms with E-state index in [0.29, 0.717) is 11.1 Å². The van der Waals surface area contributed by atoms with E-state index in [1.807, 2.05) is 4.90 Å². The first-order chi connectivity index (χ1) is 10.1. The number of carbonyl (C=O) groups excluding carboxylic acids is 2. The average molecular weight is 323 g/mol. The molecule has 1 aromatic rings. The summed E-state index contributed by atoms with van der Waals surface area (Å²) in [6, 6.07) is 7.02. The molecule has 0 bridgehead atoms. The number of fused-ring (bicyclic) bond motifs is 1. The van der Waals surface area contributed by atoms with Crippen LogP contribution in [0.15, 0.2) is 24.3 Å². The van der Waals surface area contributed by atoms with Crippen molar-refractivity contribution in [2.75, 3.05) is 26.2 Å². The molecule has 0 radical (unpaired) electrons. The Labute approximate surface area is 137 Å². The van der Waals surface area contributed by atoms with E-state index in [0.717, 1.165) is 50.9 Å². The number of Topliss-reactive ketones (excluding diaryl/α,β-unsaturated/α-hetero) is 1. The van der Waals surface area contributed by atoms with Crippen LogP contribution in [0.4, 0.5) is 0 Å². The van der Waals surface area contributed by atoms with E-state index in [1.54, 1.807) is 31.2 Å². The molecule has 2 aliphatic heterocycles. The number of halogens is 1. The van der Waals surface area contributed by atoms with Gasteiger partial charge in [-0.2, -0.15) is 0 Å². The van der Waals surface area contributed by atoms with Crippen molar-refractivity contribution >= 4 is 24.1 Å². The molecule has 0 spiro atoms. The Kier molecular flexibility index (Phi) is 5.59. The van der Waals surface area contributed by atoms with Crippen LogP contribution in [0.25, 0.3) is 0 Å². The summed E-state index contributed by atoms with van der Waals surface area (Å²) >= 11 is 0. The molecule has 0 saturated carbocycles. The maximum atomic E-state index is 12.6. The molecule has 2 fully saturated rings. The molecule has 0 unspecified atom stereocenters. The molecule has 1 aromatic carbocycles. The minimum atomic E-state index is 0. The Morgan fingerprint density at radius 1 is 1.00 bits per heavy atom. The number of likely N-dealkylation sites (tertiary alicyclic amines) is 1. The highest BCUT2D eigenvalue weighted by atomic mass is 35.5. The van der Waals surface area contributed by atoms with Gasteiger partial charge in [-0.1, -0.05) is 12.1 Å². The van der Waals surface area contributed by atoms with Crippen LogP contribution >= 0.6 is 12.4 Å². The second-order valence-corrected chi connectivity index (χ2v) is 6.18. The van der Waals surface area contributed by atoms with Crippen molar-refractivity contribution in [3.05, 3.63) is 35.4 Å². The van der Waals surface area contributed by atoms with E-state index in [9.17, 15) is 9.59 Å². The van der Waals surface area contributed by atoms with Gasteiger partial charge in [0, 0.05) is 24.2 Å². The number of nitrogens with one attached hydrogen (secondary N) is 1. The van der Waals surface area contributed by atoms with Crippen LogP contribution in [0.2, 0.25) is 0 Å². The summed E-state index contributed by atoms with van der Waals surface area (Å²) in [5, 5.41) is 3.45. The van der Waals surface area contributed by atoms with Crippen molar-refractivity contribution in [3.8, 4) is 0 Å². The SMILES string of the molecule is CC(=O)c1ccc(C(=O)N2CC[C@@H]3CNC[C@@H]3CC2)cc1.Cl. The van der Waals surface area contributed by atoms with Gasteiger partial charge in [0.1, 0.15) is 0 Å². The highest BCUT2D eigenvalue weighted by Crippen LogP contribution is 2.27. The summed E-state index contributed by atoms with van der Waals surface area (Å²) in [7, 11) is 0. The van der Waals surface area contributed by atoms with Gasteiger partial charge in [-0.25, -0.2) is 0 Å². The number of ketones is 1. The van der Waals surface area contributed by atoms with E-state index in [-0.39, 0.29) is 24.1 Å². The smallest absolute Gasteiger partial charge is 0.253 e. The molecule has 0 aromatic heterocycles. The van der Waals surface area contributed by atoms with Gasteiger partial charge in [0.2, 0.25) is 0 Å². The van der Waals surface area contributed by atoms with Crippen molar-refractivity contribution in [2.45, 2.75) is 19.8 Å². The molecule has 1 amide bonds. The molecule has 120 valence electrons. The third kappa shape index (κ3) is 3.50. The van der Waals surface area contributed by atoms with Crippen LogP contribution in [0, 0.1) is 11.8 Å². The van der Waals surface area contributed by atoms with Gasteiger partial charge in [0.25, 0.3) is 5.91 Å². The van der Waals surface area contributed by atoms with Crippen LogP contribution in [0.5, 0.6) is 0 Å². The number of rotatable bonds is 2. The molecule has 2 aliphatic rings. The molecule has 5 heteroatoms. The zero-order valence-corrected chi connectivity index (χ0v) is 13.7. The fraction of sp³-hybridized carbons (Fsp3) is 0.529. The number of carbonyl (C=O) groups is 2. The molecule has 2 atom stereocenters. The van der Waals surface area contributed by atoms with Gasteiger partial charge in [0.05, 0.1) is 0 Å². The van der Waals surface area contributed by atoms with E-state index >= 15 is 0 Å². The van der Waals surface area contributed by atoms with Crippen molar-refractivity contribution < 1.29 is 9.59 Å². The third-order valence-electron chi connectivity index (χ3n) is 4.84. The lowest BCUT2D eigenvalue weighted by molar-refractivity contribution is 0.0758. The molecule has 3 rings (SSSR count). The second kappa shape index (κ2) is 7.25. The van der Waals surface area contributed by atoms with Gasteiger partial charge in [-0.05, 0) is 56.8 Å². The average Bonchev–Trinajstić information content (AvgIpc) is 2.85. The molecular weight excluding hydrogens is 300 g/mol. The maximum absolute atomic E-state index is 12.6. The van der Waals surface area contributed by atoms with Gasteiger partial charge in [0.15, 0.2) is 5.78 Å². The zero-order chi connectivity index (χ0) is 14.8. The summed E-state index contributed by atoms with van der Waals surface area (Å²) in [5.41, 5.74) is 1.34. The monoisotopic (exact) mass is 322 g/mol. The first-order valence-electron chi connectivity index (χ1n) is 7.76. The number of nitrogens with zero attached hydrogens (tertiary/aromatic N) is 1. The quantitative estimate of drug-likeness (QED) is 0.851. The van der Waals surface area contributed by atoms with Crippen molar-refractivity contribution in [2.24, 2.45) is 11.8 Å². The van der Waals surface area contributed by atoms with E-state index in [1.165, 1.54) is 0 Å². The lowest BCUT2D eigenvalue weighted by atomic mass is 9.92. The first-order valence-corrected chi connectivity index (χ1v) is 7.76. The van der Waals surface area contributed by atoms with Crippen molar-refractivity contribution in [1.82, 2.24) is 10.2 Å². The highest BCUT2D eigenvalue weighted by Gasteiger charge is 2.31. The Hall–Kier alpha value is -1.39. The lowest BCUT2D eigenvalue weighted by Gasteiger charge is -2.21. The van der Waals surface area contributed by atoms with Crippen molar-refractivity contribution in [1.29, 1.82) is 0 Å². The van der Waals surface area contributed by atoms with Gasteiger partial charge < -0.3 is 10.2 Å². The highest BCUT2D eigenvalue weighted by molar-refractivity contribution is 5.97. The summed E-state index contributed by atoms with van der Waals surface area (Å²) in [5.74, 6) is 1.58. The standard InChI is InChI=1S/C17H22N2O2.ClH/c1-12(20)13-2-4-14(5-3-13)17(21)19-8-6-15-10-18-11-16(15)7-9-19;/h2-5,15-16,18H,6-11H2,1H3;1H/t15-,16+;.